The predicted octanol–water partition coefficient (Wildman–Crippen LogP) is 1.23. The molecule has 2 rings (SSSR count). The lowest BCUT2D eigenvalue weighted by atomic mass is 9.82. The van der Waals surface area contributed by atoms with Crippen LogP contribution in [0.3, 0.4) is 0 Å². The van der Waals surface area contributed by atoms with Crippen molar-refractivity contribution in [3.8, 4) is 0 Å². The van der Waals surface area contributed by atoms with Crippen LogP contribution >= 0.6 is 0 Å². The van der Waals surface area contributed by atoms with Crippen molar-refractivity contribution in [1.29, 1.82) is 0 Å². The minimum atomic E-state index is -4.20. The molecule has 0 bridgehead atoms. The van der Waals surface area contributed by atoms with Crippen LogP contribution in [0.15, 0.2) is 0 Å². The maximum atomic E-state index is 12.3. The van der Waals surface area contributed by atoms with E-state index in [1.54, 1.807) is 0 Å². The SMILES string of the molecule is O=S(=O)(F)C1CC12CCC2. The van der Waals surface area contributed by atoms with E-state index in [0.717, 1.165) is 19.3 Å². The summed E-state index contributed by atoms with van der Waals surface area (Å²) in [5.74, 6) is 0. The van der Waals surface area contributed by atoms with Gasteiger partial charge >= 0.3 is 10.2 Å². The van der Waals surface area contributed by atoms with Gasteiger partial charge in [0.2, 0.25) is 0 Å². The summed E-state index contributed by atoms with van der Waals surface area (Å²) < 4.78 is 32.9. The second-order valence-electron chi connectivity index (χ2n) is 3.38. The average Bonchev–Trinajstić information content (AvgIpc) is 2.30. The molecular formula is C6H9FO2S. The van der Waals surface area contributed by atoms with Crippen molar-refractivity contribution in [3.05, 3.63) is 0 Å². The molecule has 4 heteroatoms. The standard InChI is InChI=1S/C6H9FO2S/c7-10(8,9)5-4-6(5)2-1-3-6/h5H,1-4H2. The Morgan fingerprint density at radius 1 is 1.40 bits per heavy atom. The van der Waals surface area contributed by atoms with Crippen LogP contribution in [-0.4, -0.2) is 13.7 Å². The van der Waals surface area contributed by atoms with Crippen molar-refractivity contribution < 1.29 is 12.3 Å². The predicted molar refractivity (Wildman–Crippen MR) is 34.7 cm³/mol. The number of hydrogen-bond acceptors (Lipinski definition) is 2. The summed E-state index contributed by atoms with van der Waals surface area (Å²) in [4.78, 5) is 0. The monoisotopic (exact) mass is 164 g/mol. The van der Waals surface area contributed by atoms with Crippen LogP contribution in [0.4, 0.5) is 3.89 Å². The van der Waals surface area contributed by atoms with Crippen LogP contribution in [0.25, 0.3) is 0 Å². The summed E-state index contributed by atoms with van der Waals surface area (Å²) in [6.07, 6.45) is 3.49. The first-order valence-corrected chi connectivity index (χ1v) is 4.93. The van der Waals surface area contributed by atoms with Gasteiger partial charge in [-0.3, -0.25) is 0 Å². The Morgan fingerprint density at radius 2 is 2.00 bits per heavy atom. The number of halogens is 1. The topological polar surface area (TPSA) is 34.1 Å². The third-order valence-corrected chi connectivity index (χ3v) is 4.15. The van der Waals surface area contributed by atoms with Crippen LogP contribution < -0.4 is 0 Å². The molecule has 0 aromatic rings. The van der Waals surface area contributed by atoms with Gasteiger partial charge in [0.05, 0.1) is 5.25 Å². The van der Waals surface area contributed by atoms with E-state index in [4.69, 9.17) is 0 Å². The zero-order valence-corrected chi connectivity index (χ0v) is 6.32. The van der Waals surface area contributed by atoms with Gasteiger partial charge in [-0.15, -0.1) is 3.89 Å². The molecule has 1 unspecified atom stereocenters. The van der Waals surface area contributed by atoms with E-state index in [0.29, 0.717) is 6.42 Å². The fraction of sp³-hybridized carbons (Fsp3) is 1.00. The highest BCUT2D eigenvalue weighted by Crippen LogP contribution is 2.63. The minimum absolute atomic E-state index is 0.0897. The van der Waals surface area contributed by atoms with E-state index in [9.17, 15) is 12.3 Å². The van der Waals surface area contributed by atoms with Crippen molar-refractivity contribution >= 4 is 10.2 Å². The molecule has 0 aromatic heterocycles. The van der Waals surface area contributed by atoms with Crippen molar-refractivity contribution in [3.63, 3.8) is 0 Å². The second kappa shape index (κ2) is 1.55. The van der Waals surface area contributed by atoms with E-state index in [-0.39, 0.29) is 5.41 Å². The highest BCUT2D eigenvalue weighted by atomic mass is 32.3. The third-order valence-electron chi connectivity index (χ3n) is 2.80. The van der Waals surface area contributed by atoms with E-state index in [1.165, 1.54) is 0 Å². The van der Waals surface area contributed by atoms with Gasteiger partial charge in [0.25, 0.3) is 0 Å². The van der Waals surface area contributed by atoms with Crippen molar-refractivity contribution in [2.24, 2.45) is 5.41 Å². The molecule has 1 atom stereocenters. The molecule has 2 nitrogen and oxygen atoms in total. The summed E-state index contributed by atoms with van der Waals surface area (Å²) in [5, 5.41) is -0.631. The average molecular weight is 164 g/mol. The molecule has 0 radical (unpaired) electrons. The molecule has 2 saturated carbocycles. The van der Waals surface area contributed by atoms with Gasteiger partial charge in [-0.25, -0.2) is 0 Å². The Labute approximate surface area is 59.6 Å². The maximum absolute atomic E-state index is 12.3. The first kappa shape index (κ1) is 6.58. The first-order chi connectivity index (χ1) is 4.55. The molecule has 0 aliphatic heterocycles. The van der Waals surface area contributed by atoms with Crippen molar-refractivity contribution in [1.82, 2.24) is 0 Å². The quantitative estimate of drug-likeness (QED) is 0.546. The van der Waals surface area contributed by atoms with Gasteiger partial charge < -0.3 is 0 Å². The molecule has 0 amide bonds. The molecule has 58 valence electrons. The fourth-order valence-corrected chi connectivity index (χ4v) is 3.23. The zero-order chi connectivity index (χ0) is 7.41. The van der Waals surface area contributed by atoms with Crippen molar-refractivity contribution in [2.75, 3.05) is 0 Å². The molecule has 0 heterocycles. The molecular weight excluding hydrogens is 155 g/mol. The zero-order valence-electron chi connectivity index (χ0n) is 5.51. The summed E-state index contributed by atoms with van der Waals surface area (Å²) in [7, 11) is -4.20. The third kappa shape index (κ3) is 0.713. The summed E-state index contributed by atoms with van der Waals surface area (Å²) in [6, 6.07) is 0. The smallest absolute Gasteiger partial charge is 0.195 e. The van der Waals surface area contributed by atoms with Gasteiger partial charge in [-0.1, -0.05) is 6.42 Å². The molecule has 1 spiro atoms. The molecule has 2 fully saturated rings. The molecule has 0 saturated heterocycles. The largest absolute Gasteiger partial charge is 0.305 e. The van der Waals surface area contributed by atoms with Gasteiger partial charge in [-0.05, 0) is 24.7 Å². The van der Waals surface area contributed by atoms with Gasteiger partial charge in [0.1, 0.15) is 0 Å². The lowest BCUT2D eigenvalue weighted by Gasteiger charge is -2.25. The molecule has 10 heavy (non-hydrogen) atoms. The van der Waals surface area contributed by atoms with Gasteiger partial charge in [-0.2, -0.15) is 8.42 Å². The van der Waals surface area contributed by atoms with E-state index in [1.807, 2.05) is 0 Å². The van der Waals surface area contributed by atoms with Crippen LogP contribution in [0, 0.1) is 5.41 Å². The number of hydrogen-bond donors (Lipinski definition) is 0. The summed E-state index contributed by atoms with van der Waals surface area (Å²) in [5.41, 5.74) is -0.0897. The summed E-state index contributed by atoms with van der Waals surface area (Å²) in [6.45, 7) is 0. The van der Waals surface area contributed by atoms with E-state index < -0.39 is 15.5 Å². The lowest BCUT2D eigenvalue weighted by molar-refractivity contribution is 0.288. The van der Waals surface area contributed by atoms with Crippen molar-refractivity contribution in [2.45, 2.75) is 30.9 Å². The van der Waals surface area contributed by atoms with Crippen LogP contribution in [0.2, 0.25) is 0 Å². The van der Waals surface area contributed by atoms with Crippen LogP contribution in [0.1, 0.15) is 25.7 Å². The van der Waals surface area contributed by atoms with E-state index >= 15 is 0 Å². The maximum Gasteiger partial charge on any atom is 0.305 e. The highest BCUT2D eigenvalue weighted by molar-refractivity contribution is 7.87. The first-order valence-electron chi connectivity index (χ1n) is 3.48. The molecule has 2 aliphatic rings. The Morgan fingerprint density at radius 3 is 2.10 bits per heavy atom. The van der Waals surface area contributed by atoms with Gasteiger partial charge in [0, 0.05) is 0 Å². The van der Waals surface area contributed by atoms with Gasteiger partial charge in [0.15, 0.2) is 0 Å². The van der Waals surface area contributed by atoms with Crippen LogP contribution in [0.5, 0.6) is 0 Å². The summed E-state index contributed by atoms with van der Waals surface area (Å²) >= 11 is 0. The van der Waals surface area contributed by atoms with Crippen LogP contribution in [-0.2, 0) is 10.2 Å². The molecule has 2 aliphatic carbocycles. The normalized spacial score (nSPS) is 35.5. The Kier molecular flexibility index (Phi) is 1.02. The minimum Gasteiger partial charge on any atom is -0.195 e. The Hall–Kier alpha value is -0.120. The van der Waals surface area contributed by atoms with E-state index in [2.05, 4.69) is 0 Å². The fourth-order valence-electron chi connectivity index (χ4n) is 1.87. The Balaban J connectivity index is 2.15. The highest BCUT2D eigenvalue weighted by Gasteiger charge is 2.64. The number of rotatable bonds is 1. The Bertz CT molecular complexity index is 253. The molecule has 0 N–H and O–H groups in total. The lowest BCUT2D eigenvalue weighted by Crippen LogP contribution is -2.19. The molecule has 0 aromatic carbocycles. The second-order valence-corrected chi connectivity index (χ2v) is 4.90.